The molecule has 2 aromatic rings. The Bertz CT molecular complexity index is 637. The van der Waals surface area contributed by atoms with Crippen LogP contribution in [-0.2, 0) is 19.4 Å². The number of nitrogens with one attached hydrogen (secondary N) is 2. The third-order valence-electron chi connectivity index (χ3n) is 4.08. The van der Waals surface area contributed by atoms with Gasteiger partial charge in [-0.1, -0.05) is 41.1 Å². The Morgan fingerprint density at radius 1 is 1.19 bits per heavy atom. The summed E-state index contributed by atoms with van der Waals surface area (Å²) in [6, 6.07) is 13.1. The van der Waals surface area contributed by atoms with Crippen LogP contribution in [0.2, 0.25) is 0 Å². The molecule has 0 spiro atoms. The second kappa shape index (κ2) is 6.52. The minimum atomic E-state index is 0.866. The molecule has 2 N–H and O–H groups in total. The highest BCUT2D eigenvalue weighted by molar-refractivity contribution is 9.10. The van der Waals surface area contributed by atoms with Crippen LogP contribution in [0.1, 0.15) is 30.0 Å². The van der Waals surface area contributed by atoms with Crippen molar-refractivity contribution in [2.45, 2.75) is 32.7 Å². The van der Waals surface area contributed by atoms with E-state index in [1.807, 2.05) is 0 Å². The molecular formula is C18H21BrN2. The first-order valence-corrected chi connectivity index (χ1v) is 8.44. The zero-order valence-corrected chi connectivity index (χ0v) is 14.0. The van der Waals surface area contributed by atoms with Gasteiger partial charge in [-0.3, -0.25) is 0 Å². The van der Waals surface area contributed by atoms with Crippen molar-refractivity contribution in [3.63, 3.8) is 0 Å². The minimum Gasteiger partial charge on any atom is -0.385 e. The van der Waals surface area contributed by atoms with Crippen molar-refractivity contribution >= 4 is 27.3 Å². The number of hydrogen-bond donors (Lipinski definition) is 2. The van der Waals surface area contributed by atoms with Crippen LogP contribution < -0.4 is 10.6 Å². The Labute approximate surface area is 135 Å². The van der Waals surface area contributed by atoms with Gasteiger partial charge in [0.2, 0.25) is 0 Å². The van der Waals surface area contributed by atoms with Gasteiger partial charge >= 0.3 is 0 Å². The SMILES string of the molecule is CCc1cc(Br)ccc1NCc1cccc2c1NCCC2. The molecule has 3 heteroatoms. The highest BCUT2D eigenvalue weighted by atomic mass is 79.9. The maximum Gasteiger partial charge on any atom is 0.0423 e. The summed E-state index contributed by atoms with van der Waals surface area (Å²) in [5.41, 5.74) is 6.73. The highest BCUT2D eigenvalue weighted by Crippen LogP contribution is 2.28. The topological polar surface area (TPSA) is 24.1 Å². The standard InChI is InChI=1S/C18H21BrN2/c1-2-13-11-16(19)8-9-17(13)21-12-15-6-3-5-14-7-4-10-20-18(14)15/h3,5-6,8-9,11,20-21H,2,4,7,10,12H2,1H3. The second-order valence-electron chi connectivity index (χ2n) is 5.49. The first-order valence-electron chi connectivity index (χ1n) is 7.65. The zero-order chi connectivity index (χ0) is 14.7. The molecule has 0 amide bonds. The molecule has 1 aliphatic heterocycles. The summed E-state index contributed by atoms with van der Waals surface area (Å²) in [7, 11) is 0. The van der Waals surface area contributed by atoms with Crippen LogP contribution in [0.25, 0.3) is 0 Å². The molecular weight excluding hydrogens is 324 g/mol. The van der Waals surface area contributed by atoms with Gasteiger partial charge in [0.1, 0.15) is 0 Å². The van der Waals surface area contributed by atoms with Crippen LogP contribution in [0.15, 0.2) is 40.9 Å². The lowest BCUT2D eigenvalue weighted by atomic mass is 9.99. The highest BCUT2D eigenvalue weighted by Gasteiger charge is 2.12. The summed E-state index contributed by atoms with van der Waals surface area (Å²) >= 11 is 3.54. The van der Waals surface area contributed by atoms with Gasteiger partial charge in [-0.15, -0.1) is 0 Å². The third kappa shape index (κ3) is 3.24. The van der Waals surface area contributed by atoms with Crippen LogP contribution >= 0.6 is 15.9 Å². The van der Waals surface area contributed by atoms with Gasteiger partial charge in [0.05, 0.1) is 0 Å². The second-order valence-corrected chi connectivity index (χ2v) is 6.41. The molecule has 0 saturated carbocycles. The Hall–Kier alpha value is -1.48. The molecule has 0 saturated heterocycles. The van der Waals surface area contributed by atoms with Crippen molar-refractivity contribution in [1.82, 2.24) is 0 Å². The molecule has 0 atom stereocenters. The van der Waals surface area contributed by atoms with E-state index in [1.165, 1.54) is 40.9 Å². The van der Waals surface area contributed by atoms with E-state index in [0.29, 0.717) is 0 Å². The molecule has 3 rings (SSSR count). The zero-order valence-electron chi connectivity index (χ0n) is 12.4. The Kier molecular flexibility index (Phi) is 4.49. The smallest absolute Gasteiger partial charge is 0.0423 e. The lowest BCUT2D eigenvalue weighted by Crippen LogP contribution is -2.15. The van der Waals surface area contributed by atoms with E-state index in [2.05, 4.69) is 69.9 Å². The normalized spacial score (nSPS) is 13.4. The predicted molar refractivity (Wildman–Crippen MR) is 94.1 cm³/mol. The number of hydrogen-bond acceptors (Lipinski definition) is 2. The molecule has 2 nitrogen and oxygen atoms in total. The van der Waals surface area contributed by atoms with Crippen molar-refractivity contribution < 1.29 is 0 Å². The molecule has 1 heterocycles. The largest absolute Gasteiger partial charge is 0.385 e. The van der Waals surface area contributed by atoms with Crippen LogP contribution in [-0.4, -0.2) is 6.54 Å². The van der Waals surface area contributed by atoms with E-state index in [-0.39, 0.29) is 0 Å². The summed E-state index contributed by atoms with van der Waals surface area (Å²) in [5.74, 6) is 0. The van der Waals surface area contributed by atoms with E-state index >= 15 is 0 Å². The number of rotatable bonds is 4. The molecule has 0 unspecified atom stereocenters. The summed E-state index contributed by atoms with van der Waals surface area (Å²) in [5, 5.41) is 7.15. The number of benzene rings is 2. The molecule has 21 heavy (non-hydrogen) atoms. The van der Waals surface area contributed by atoms with Gasteiger partial charge in [0, 0.05) is 28.9 Å². The van der Waals surface area contributed by atoms with Gasteiger partial charge in [-0.2, -0.15) is 0 Å². The summed E-state index contributed by atoms with van der Waals surface area (Å²) in [4.78, 5) is 0. The number of para-hydroxylation sites is 1. The van der Waals surface area contributed by atoms with Gasteiger partial charge in [0.25, 0.3) is 0 Å². The lowest BCUT2D eigenvalue weighted by molar-refractivity contribution is 0.825. The molecule has 0 aliphatic carbocycles. The van der Waals surface area contributed by atoms with Gasteiger partial charge < -0.3 is 10.6 Å². The van der Waals surface area contributed by atoms with E-state index in [0.717, 1.165) is 24.0 Å². The quantitative estimate of drug-likeness (QED) is 0.816. The fourth-order valence-electron chi connectivity index (χ4n) is 2.95. The van der Waals surface area contributed by atoms with Crippen LogP contribution in [0.4, 0.5) is 11.4 Å². The van der Waals surface area contributed by atoms with E-state index in [1.54, 1.807) is 0 Å². The Balaban J connectivity index is 1.79. The Morgan fingerprint density at radius 2 is 2.10 bits per heavy atom. The summed E-state index contributed by atoms with van der Waals surface area (Å²) in [6.07, 6.45) is 3.46. The van der Waals surface area contributed by atoms with Crippen molar-refractivity contribution in [3.05, 3.63) is 57.6 Å². The van der Waals surface area contributed by atoms with Crippen molar-refractivity contribution in [2.75, 3.05) is 17.2 Å². The summed E-state index contributed by atoms with van der Waals surface area (Å²) in [6.45, 7) is 4.15. The van der Waals surface area contributed by atoms with E-state index in [9.17, 15) is 0 Å². The molecule has 0 bridgehead atoms. The monoisotopic (exact) mass is 344 g/mol. The maximum absolute atomic E-state index is 3.60. The first-order chi connectivity index (χ1) is 10.3. The van der Waals surface area contributed by atoms with Crippen LogP contribution in [0, 0.1) is 0 Å². The molecule has 110 valence electrons. The minimum absolute atomic E-state index is 0.866. The number of fused-ring (bicyclic) bond motifs is 1. The molecule has 0 radical (unpaired) electrons. The van der Waals surface area contributed by atoms with Crippen molar-refractivity contribution in [2.24, 2.45) is 0 Å². The molecule has 0 fully saturated rings. The van der Waals surface area contributed by atoms with E-state index in [4.69, 9.17) is 0 Å². The first kappa shape index (κ1) is 14.5. The number of anilines is 2. The third-order valence-corrected chi connectivity index (χ3v) is 4.57. The molecule has 1 aliphatic rings. The average Bonchev–Trinajstić information content (AvgIpc) is 2.53. The fraction of sp³-hybridized carbons (Fsp3) is 0.333. The molecule has 2 aromatic carbocycles. The van der Waals surface area contributed by atoms with Gasteiger partial charge in [-0.25, -0.2) is 0 Å². The predicted octanol–water partition coefficient (Wildman–Crippen LogP) is 4.98. The van der Waals surface area contributed by atoms with Gasteiger partial charge in [-0.05, 0) is 54.2 Å². The van der Waals surface area contributed by atoms with Crippen molar-refractivity contribution in [1.29, 1.82) is 0 Å². The van der Waals surface area contributed by atoms with Crippen molar-refractivity contribution in [3.8, 4) is 0 Å². The molecule has 0 aromatic heterocycles. The van der Waals surface area contributed by atoms with Crippen LogP contribution in [0.3, 0.4) is 0 Å². The fourth-order valence-corrected chi connectivity index (χ4v) is 3.35. The average molecular weight is 345 g/mol. The Morgan fingerprint density at radius 3 is 2.95 bits per heavy atom. The summed E-state index contributed by atoms with van der Waals surface area (Å²) < 4.78 is 1.14. The van der Waals surface area contributed by atoms with Crippen LogP contribution in [0.5, 0.6) is 0 Å². The number of halogens is 1. The number of aryl methyl sites for hydroxylation is 2. The maximum atomic E-state index is 3.60. The van der Waals surface area contributed by atoms with Gasteiger partial charge in [0.15, 0.2) is 0 Å². The lowest BCUT2D eigenvalue weighted by Gasteiger charge is -2.22. The van der Waals surface area contributed by atoms with E-state index < -0.39 is 0 Å².